The normalized spacial score (nSPS) is 11.0. The van der Waals surface area contributed by atoms with E-state index in [0.29, 0.717) is 37.8 Å². The first-order chi connectivity index (χ1) is 16.2. The van der Waals surface area contributed by atoms with Gasteiger partial charge in [0.25, 0.3) is 5.91 Å². The van der Waals surface area contributed by atoms with Crippen LogP contribution in [-0.4, -0.2) is 30.9 Å². The van der Waals surface area contributed by atoms with Gasteiger partial charge in [0.05, 0.1) is 11.4 Å². The third-order valence-electron chi connectivity index (χ3n) is 4.80. The highest BCUT2D eigenvalue weighted by Gasteiger charge is 2.22. The van der Waals surface area contributed by atoms with E-state index in [1.54, 1.807) is 37.3 Å². The monoisotopic (exact) mass is 516 g/mol. The number of anilines is 1. The number of carbonyl (C=O) groups is 1. The average Bonchev–Trinajstić information content (AvgIpc) is 3.18. The lowest BCUT2D eigenvalue weighted by Crippen LogP contribution is -2.15. The Morgan fingerprint density at radius 1 is 1.03 bits per heavy atom. The van der Waals surface area contributed by atoms with E-state index in [2.05, 4.69) is 25.6 Å². The molecule has 2 aromatic carbocycles. The first-order valence-corrected chi connectivity index (χ1v) is 11.9. The molecular weight excluding hydrogens is 498 g/mol. The second kappa shape index (κ2) is 10.1. The summed E-state index contributed by atoms with van der Waals surface area (Å²) in [5, 5.41) is 12.3. The van der Waals surface area contributed by atoms with Gasteiger partial charge in [-0.15, -0.1) is 5.10 Å². The molecule has 2 heterocycles. The maximum Gasteiger partial charge on any atom is 0.278 e. The number of aromatic nitrogens is 5. The van der Waals surface area contributed by atoms with Gasteiger partial charge in [0.2, 0.25) is 0 Å². The summed E-state index contributed by atoms with van der Waals surface area (Å²) >= 11 is 13.7. The molecule has 0 fully saturated rings. The Kier molecular flexibility index (Phi) is 7.16. The molecule has 1 N–H and O–H groups in total. The van der Waals surface area contributed by atoms with Gasteiger partial charge >= 0.3 is 0 Å². The zero-order chi connectivity index (χ0) is 24.4. The Morgan fingerprint density at radius 3 is 2.35 bits per heavy atom. The minimum absolute atomic E-state index is 0.0777. The maximum atomic E-state index is 14.0. The number of hydrogen-bond donors (Lipinski definition) is 1. The molecule has 1 amide bonds. The first kappa shape index (κ1) is 24.1. The number of halogens is 3. The van der Waals surface area contributed by atoms with Crippen LogP contribution in [0.25, 0.3) is 5.69 Å². The molecule has 4 rings (SSSR count). The molecule has 174 valence electrons. The fraction of sp³-hybridized carbons (Fsp3) is 0.174. The van der Waals surface area contributed by atoms with Crippen molar-refractivity contribution in [3.05, 3.63) is 86.7 Å². The lowest BCUT2D eigenvalue weighted by Gasteiger charge is -2.10. The molecule has 11 heteroatoms. The van der Waals surface area contributed by atoms with Crippen molar-refractivity contribution in [2.45, 2.75) is 31.7 Å². The van der Waals surface area contributed by atoms with Crippen molar-refractivity contribution in [1.82, 2.24) is 25.0 Å². The highest BCUT2D eigenvalue weighted by atomic mass is 35.5. The molecule has 0 spiro atoms. The van der Waals surface area contributed by atoms with Gasteiger partial charge in [-0.05, 0) is 62.7 Å². The van der Waals surface area contributed by atoms with Crippen LogP contribution in [0.3, 0.4) is 0 Å². The molecule has 0 bridgehead atoms. The minimum Gasteiger partial charge on any atom is -0.320 e. The van der Waals surface area contributed by atoms with Crippen LogP contribution in [0.4, 0.5) is 10.1 Å². The fourth-order valence-corrected chi connectivity index (χ4v) is 4.68. The van der Waals surface area contributed by atoms with E-state index >= 15 is 0 Å². The summed E-state index contributed by atoms with van der Waals surface area (Å²) in [5.41, 5.74) is 3.56. The first-order valence-electron chi connectivity index (χ1n) is 10.1. The number of thioether (sulfide) groups is 1. The molecular formula is C23H19Cl2FN6OS. The summed E-state index contributed by atoms with van der Waals surface area (Å²) in [4.78, 5) is 22.0. The summed E-state index contributed by atoms with van der Waals surface area (Å²) in [6.45, 7) is 5.42. The van der Waals surface area contributed by atoms with E-state index in [9.17, 15) is 9.18 Å². The number of nitrogens with zero attached hydrogens (tertiary/aromatic N) is 5. The Balaban J connectivity index is 1.71. The van der Waals surface area contributed by atoms with E-state index in [1.165, 1.54) is 22.5 Å². The number of aryl methyl sites for hydroxylation is 3. The van der Waals surface area contributed by atoms with Crippen molar-refractivity contribution in [2.24, 2.45) is 0 Å². The van der Waals surface area contributed by atoms with Crippen LogP contribution in [0, 0.1) is 26.6 Å². The molecule has 0 saturated carbocycles. The quantitative estimate of drug-likeness (QED) is 0.251. The Bertz CT molecular complexity index is 1350. The third-order valence-corrected chi connectivity index (χ3v) is 6.09. The van der Waals surface area contributed by atoms with Crippen molar-refractivity contribution in [3.8, 4) is 5.69 Å². The van der Waals surface area contributed by atoms with E-state index < -0.39 is 11.7 Å². The zero-order valence-electron chi connectivity index (χ0n) is 18.4. The second-order valence-corrected chi connectivity index (χ2v) is 9.38. The smallest absolute Gasteiger partial charge is 0.278 e. The van der Waals surface area contributed by atoms with Crippen molar-refractivity contribution < 1.29 is 9.18 Å². The van der Waals surface area contributed by atoms with E-state index in [4.69, 9.17) is 23.2 Å². The average molecular weight is 517 g/mol. The molecule has 0 atom stereocenters. The van der Waals surface area contributed by atoms with E-state index in [0.717, 1.165) is 11.4 Å². The molecule has 0 aliphatic heterocycles. The number of hydrogen-bond acceptors (Lipinski definition) is 6. The largest absolute Gasteiger partial charge is 0.320 e. The van der Waals surface area contributed by atoms with Crippen LogP contribution in [0.15, 0.2) is 47.6 Å². The van der Waals surface area contributed by atoms with Gasteiger partial charge < -0.3 is 5.32 Å². The summed E-state index contributed by atoms with van der Waals surface area (Å²) in [6, 6.07) is 11.3. The van der Waals surface area contributed by atoms with Crippen LogP contribution in [0.2, 0.25) is 10.0 Å². The molecule has 2 aromatic heterocycles. The molecule has 0 aliphatic carbocycles. The van der Waals surface area contributed by atoms with Crippen molar-refractivity contribution >= 4 is 46.6 Å². The van der Waals surface area contributed by atoms with Crippen molar-refractivity contribution in [3.63, 3.8) is 0 Å². The highest BCUT2D eigenvalue weighted by molar-refractivity contribution is 7.98. The SMILES string of the molecule is Cc1cc(C)nc(SCc2c(C(=O)Nc3ccc(C)c(F)c3)nnn2-c2cc(Cl)cc(Cl)c2)n1. The molecule has 34 heavy (non-hydrogen) atoms. The number of benzene rings is 2. The zero-order valence-corrected chi connectivity index (χ0v) is 20.8. The highest BCUT2D eigenvalue weighted by Crippen LogP contribution is 2.27. The maximum absolute atomic E-state index is 14.0. The van der Waals surface area contributed by atoms with Gasteiger partial charge in [-0.3, -0.25) is 4.79 Å². The van der Waals surface area contributed by atoms with Crippen LogP contribution in [0.5, 0.6) is 0 Å². The van der Waals surface area contributed by atoms with Gasteiger partial charge in [0.1, 0.15) is 5.82 Å². The molecule has 0 aliphatic rings. The van der Waals surface area contributed by atoms with Gasteiger partial charge in [-0.25, -0.2) is 19.0 Å². The number of amides is 1. The van der Waals surface area contributed by atoms with Crippen LogP contribution < -0.4 is 5.32 Å². The van der Waals surface area contributed by atoms with Crippen molar-refractivity contribution in [1.29, 1.82) is 0 Å². The Labute approximate surface area is 209 Å². The fourth-order valence-electron chi connectivity index (χ4n) is 3.23. The van der Waals surface area contributed by atoms with Crippen LogP contribution in [0.1, 0.15) is 33.1 Å². The van der Waals surface area contributed by atoms with Gasteiger partial charge in [-0.1, -0.05) is 46.2 Å². The summed E-state index contributed by atoms with van der Waals surface area (Å²) in [6.07, 6.45) is 0. The summed E-state index contributed by atoms with van der Waals surface area (Å²) in [7, 11) is 0. The number of carbonyl (C=O) groups excluding carboxylic acids is 1. The molecule has 0 saturated heterocycles. The van der Waals surface area contributed by atoms with E-state index in [1.807, 2.05) is 19.9 Å². The topological polar surface area (TPSA) is 85.6 Å². The minimum atomic E-state index is -0.528. The lowest BCUT2D eigenvalue weighted by molar-refractivity contribution is 0.102. The predicted molar refractivity (Wildman–Crippen MR) is 132 cm³/mol. The molecule has 0 unspecified atom stereocenters. The Hall–Kier alpha value is -3.01. The summed E-state index contributed by atoms with van der Waals surface area (Å²) < 4.78 is 15.5. The van der Waals surface area contributed by atoms with Crippen LogP contribution >= 0.6 is 35.0 Å². The van der Waals surface area contributed by atoms with E-state index in [-0.39, 0.29) is 11.4 Å². The standard InChI is InChI=1S/C23H19Cl2FN6OS/c1-12-4-5-17(10-19(12)26)29-22(33)21-20(11-34-23-27-13(2)6-14(3)28-23)32(31-30-21)18-8-15(24)7-16(25)9-18/h4-10H,11H2,1-3H3,(H,29,33). The van der Waals surface area contributed by atoms with Gasteiger partial charge in [0.15, 0.2) is 10.9 Å². The molecule has 0 radical (unpaired) electrons. The van der Waals surface area contributed by atoms with Gasteiger partial charge in [-0.2, -0.15) is 0 Å². The van der Waals surface area contributed by atoms with Crippen LogP contribution in [-0.2, 0) is 5.75 Å². The van der Waals surface area contributed by atoms with Gasteiger partial charge in [0, 0.05) is 32.9 Å². The third kappa shape index (κ3) is 5.55. The number of nitrogens with one attached hydrogen (secondary N) is 1. The summed E-state index contributed by atoms with van der Waals surface area (Å²) in [5.74, 6) is -0.664. The predicted octanol–water partition coefficient (Wildman–Crippen LogP) is 5.97. The Morgan fingerprint density at radius 2 is 1.71 bits per heavy atom. The lowest BCUT2D eigenvalue weighted by atomic mass is 10.2. The number of rotatable bonds is 6. The molecule has 4 aromatic rings. The second-order valence-electron chi connectivity index (χ2n) is 7.56. The van der Waals surface area contributed by atoms with Crippen molar-refractivity contribution in [2.75, 3.05) is 5.32 Å². The molecule has 7 nitrogen and oxygen atoms in total.